The molecule has 14 heavy (non-hydrogen) atoms. The van der Waals surface area contributed by atoms with Crippen LogP contribution in [0.2, 0.25) is 0 Å². The average Bonchev–Trinajstić information content (AvgIpc) is 2.70. The number of rotatable bonds is 2. The number of nitrogens with zero attached hydrogens (tertiary/aromatic N) is 3. The first kappa shape index (κ1) is 8.90. The lowest BCUT2D eigenvalue weighted by Gasteiger charge is -2.07. The van der Waals surface area contributed by atoms with E-state index in [1.807, 2.05) is 25.3 Å². The van der Waals surface area contributed by atoms with Crippen molar-refractivity contribution in [2.75, 3.05) is 0 Å². The van der Waals surface area contributed by atoms with E-state index in [0.29, 0.717) is 6.54 Å². The summed E-state index contributed by atoms with van der Waals surface area (Å²) in [6.07, 6.45) is 3.47. The van der Waals surface area contributed by atoms with E-state index in [9.17, 15) is 0 Å². The fourth-order valence-electron chi connectivity index (χ4n) is 1.40. The van der Waals surface area contributed by atoms with Gasteiger partial charge < -0.3 is 5.73 Å². The van der Waals surface area contributed by atoms with Gasteiger partial charge in [-0.25, -0.2) is 4.68 Å². The molecule has 0 saturated heterocycles. The molecule has 0 aliphatic carbocycles. The highest BCUT2D eigenvalue weighted by Crippen LogP contribution is 2.14. The predicted molar refractivity (Wildman–Crippen MR) is 54.0 cm³/mol. The maximum Gasteiger partial charge on any atom is 0.0710 e. The van der Waals surface area contributed by atoms with Crippen LogP contribution in [-0.2, 0) is 6.54 Å². The van der Waals surface area contributed by atoms with Crippen LogP contribution in [0.15, 0.2) is 30.6 Å². The lowest BCUT2D eigenvalue weighted by Crippen LogP contribution is -2.05. The molecule has 72 valence electrons. The van der Waals surface area contributed by atoms with E-state index >= 15 is 0 Å². The second kappa shape index (κ2) is 3.59. The highest BCUT2D eigenvalue weighted by atomic mass is 15.4. The summed E-state index contributed by atoms with van der Waals surface area (Å²) in [5, 5.41) is 7.72. The van der Waals surface area contributed by atoms with Crippen molar-refractivity contribution < 1.29 is 0 Å². The third-order valence-corrected chi connectivity index (χ3v) is 2.13. The van der Waals surface area contributed by atoms with Gasteiger partial charge in [-0.2, -0.15) is 0 Å². The molecule has 2 rings (SSSR count). The molecule has 4 nitrogen and oxygen atoms in total. The van der Waals surface area contributed by atoms with E-state index in [1.54, 1.807) is 10.9 Å². The minimum absolute atomic E-state index is 0.509. The lowest BCUT2D eigenvalue weighted by atomic mass is 10.1. The summed E-state index contributed by atoms with van der Waals surface area (Å²) in [6, 6.07) is 6.12. The van der Waals surface area contributed by atoms with Crippen LogP contribution in [0.4, 0.5) is 0 Å². The van der Waals surface area contributed by atoms with Crippen LogP contribution in [0.25, 0.3) is 5.69 Å². The number of benzene rings is 1. The van der Waals surface area contributed by atoms with Crippen molar-refractivity contribution in [1.82, 2.24) is 15.0 Å². The monoisotopic (exact) mass is 188 g/mol. The van der Waals surface area contributed by atoms with Gasteiger partial charge in [0, 0.05) is 6.54 Å². The Morgan fingerprint density at radius 2 is 2.29 bits per heavy atom. The molecule has 4 heteroatoms. The van der Waals surface area contributed by atoms with E-state index in [2.05, 4.69) is 16.4 Å². The fraction of sp³-hybridized carbons (Fsp3) is 0.200. The number of aromatic nitrogens is 3. The summed E-state index contributed by atoms with van der Waals surface area (Å²) >= 11 is 0. The van der Waals surface area contributed by atoms with Crippen molar-refractivity contribution in [2.45, 2.75) is 13.5 Å². The molecule has 0 aliphatic rings. The number of hydrogen-bond acceptors (Lipinski definition) is 3. The Morgan fingerprint density at radius 3 is 2.93 bits per heavy atom. The molecule has 0 amide bonds. The van der Waals surface area contributed by atoms with Gasteiger partial charge in [-0.15, -0.1) is 5.10 Å². The average molecular weight is 188 g/mol. The topological polar surface area (TPSA) is 56.7 Å². The van der Waals surface area contributed by atoms with Crippen LogP contribution >= 0.6 is 0 Å². The summed E-state index contributed by atoms with van der Waals surface area (Å²) in [5.41, 5.74) is 8.91. The van der Waals surface area contributed by atoms with Crippen LogP contribution < -0.4 is 5.73 Å². The summed E-state index contributed by atoms with van der Waals surface area (Å²) in [5.74, 6) is 0. The first-order chi connectivity index (χ1) is 6.81. The van der Waals surface area contributed by atoms with Crippen molar-refractivity contribution in [3.8, 4) is 5.69 Å². The number of nitrogens with two attached hydrogens (primary N) is 1. The molecule has 0 saturated carbocycles. The normalized spacial score (nSPS) is 10.4. The molecule has 0 aliphatic heterocycles. The van der Waals surface area contributed by atoms with Gasteiger partial charge in [-0.1, -0.05) is 17.3 Å². The largest absolute Gasteiger partial charge is 0.326 e. The predicted octanol–water partition coefficient (Wildman–Crippen LogP) is 1.03. The fourth-order valence-corrected chi connectivity index (χ4v) is 1.40. The Bertz CT molecular complexity index is 420. The van der Waals surface area contributed by atoms with E-state index in [4.69, 9.17) is 5.73 Å². The second-order valence-corrected chi connectivity index (χ2v) is 3.18. The highest BCUT2D eigenvalue weighted by molar-refractivity contribution is 5.42. The van der Waals surface area contributed by atoms with Gasteiger partial charge in [0.25, 0.3) is 0 Å². The maximum atomic E-state index is 5.65. The third kappa shape index (κ3) is 1.52. The molecule has 0 atom stereocenters. The summed E-state index contributed by atoms with van der Waals surface area (Å²) in [4.78, 5) is 0. The Hall–Kier alpha value is -1.68. The van der Waals surface area contributed by atoms with Gasteiger partial charge in [-0.3, -0.25) is 0 Å². The van der Waals surface area contributed by atoms with Crippen LogP contribution in [-0.4, -0.2) is 15.0 Å². The van der Waals surface area contributed by atoms with Crippen molar-refractivity contribution in [1.29, 1.82) is 0 Å². The van der Waals surface area contributed by atoms with E-state index in [1.165, 1.54) is 5.56 Å². The Morgan fingerprint density at radius 1 is 1.43 bits per heavy atom. The molecule has 0 radical (unpaired) electrons. The quantitative estimate of drug-likeness (QED) is 0.766. The summed E-state index contributed by atoms with van der Waals surface area (Å²) < 4.78 is 1.73. The maximum absolute atomic E-state index is 5.65. The van der Waals surface area contributed by atoms with E-state index < -0.39 is 0 Å². The molecule has 0 unspecified atom stereocenters. The molecule has 1 aromatic heterocycles. The van der Waals surface area contributed by atoms with Gasteiger partial charge in [-0.05, 0) is 24.1 Å². The molecular formula is C10H12N4. The SMILES string of the molecule is Cc1ccc(CN)c(-n2ccnn2)c1. The molecule has 2 N–H and O–H groups in total. The minimum atomic E-state index is 0.509. The van der Waals surface area contributed by atoms with Gasteiger partial charge in [0.2, 0.25) is 0 Å². The van der Waals surface area contributed by atoms with Crippen molar-refractivity contribution >= 4 is 0 Å². The van der Waals surface area contributed by atoms with Crippen LogP contribution in [0.3, 0.4) is 0 Å². The Balaban J connectivity index is 2.55. The zero-order chi connectivity index (χ0) is 9.97. The summed E-state index contributed by atoms with van der Waals surface area (Å²) in [7, 11) is 0. The van der Waals surface area contributed by atoms with Crippen LogP contribution in [0.5, 0.6) is 0 Å². The van der Waals surface area contributed by atoms with Gasteiger partial charge in [0.1, 0.15) is 0 Å². The number of aryl methyl sites for hydroxylation is 1. The standard InChI is InChI=1S/C10H12N4/c1-8-2-3-9(7-11)10(6-8)14-5-4-12-13-14/h2-6H,7,11H2,1H3. The molecule has 0 fully saturated rings. The van der Waals surface area contributed by atoms with Gasteiger partial charge >= 0.3 is 0 Å². The molecular weight excluding hydrogens is 176 g/mol. The molecule has 0 spiro atoms. The van der Waals surface area contributed by atoms with E-state index in [-0.39, 0.29) is 0 Å². The Labute approximate surface area is 82.4 Å². The third-order valence-electron chi connectivity index (χ3n) is 2.13. The second-order valence-electron chi connectivity index (χ2n) is 3.18. The van der Waals surface area contributed by atoms with Gasteiger partial charge in [0.05, 0.1) is 18.1 Å². The molecule has 1 heterocycles. The van der Waals surface area contributed by atoms with Crippen LogP contribution in [0.1, 0.15) is 11.1 Å². The molecule has 0 bridgehead atoms. The van der Waals surface area contributed by atoms with E-state index in [0.717, 1.165) is 11.3 Å². The Kier molecular flexibility index (Phi) is 2.28. The first-order valence-electron chi connectivity index (χ1n) is 4.47. The zero-order valence-corrected chi connectivity index (χ0v) is 8.01. The van der Waals surface area contributed by atoms with Crippen molar-refractivity contribution in [3.63, 3.8) is 0 Å². The highest BCUT2D eigenvalue weighted by Gasteiger charge is 2.03. The van der Waals surface area contributed by atoms with Crippen LogP contribution in [0, 0.1) is 6.92 Å². The molecule has 2 aromatic rings. The molecule has 1 aromatic carbocycles. The lowest BCUT2D eigenvalue weighted by molar-refractivity contribution is 0.791. The smallest absolute Gasteiger partial charge is 0.0710 e. The van der Waals surface area contributed by atoms with Crippen molar-refractivity contribution in [3.05, 3.63) is 41.7 Å². The zero-order valence-electron chi connectivity index (χ0n) is 8.01. The number of hydrogen-bond donors (Lipinski definition) is 1. The first-order valence-corrected chi connectivity index (χ1v) is 4.47. The van der Waals surface area contributed by atoms with Crippen molar-refractivity contribution in [2.24, 2.45) is 5.73 Å². The summed E-state index contributed by atoms with van der Waals surface area (Å²) in [6.45, 7) is 2.55. The minimum Gasteiger partial charge on any atom is -0.326 e. The van der Waals surface area contributed by atoms with Gasteiger partial charge in [0.15, 0.2) is 0 Å².